The monoisotopic (exact) mass is 326 g/mol. The maximum absolute atomic E-state index is 12.3. The molecule has 19 heavy (non-hydrogen) atoms. The van der Waals surface area contributed by atoms with Gasteiger partial charge < -0.3 is 10.6 Å². The van der Waals surface area contributed by atoms with Crippen LogP contribution in [0, 0.1) is 11.3 Å². The topological polar surface area (TPSA) is 46.3 Å². The number of anilines is 2. The smallest absolute Gasteiger partial charge is 0.227 e. The number of rotatable bonds is 3. The van der Waals surface area contributed by atoms with Crippen molar-refractivity contribution in [1.82, 2.24) is 0 Å². The van der Waals surface area contributed by atoms with Gasteiger partial charge in [0.15, 0.2) is 0 Å². The highest BCUT2D eigenvalue weighted by Gasteiger charge is 2.24. The minimum Gasteiger partial charge on any atom is -0.397 e. The molecule has 0 spiro atoms. The van der Waals surface area contributed by atoms with Gasteiger partial charge in [-0.05, 0) is 29.5 Å². The number of halogens is 1. The number of nitrogens with two attached hydrogens (primary N) is 1. The van der Waals surface area contributed by atoms with Gasteiger partial charge in [-0.25, -0.2) is 0 Å². The van der Waals surface area contributed by atoms with E-state index in [4.69, 9.17) is 5.73 Å². The molecule has 0 fully saturated rings. The predicted molar refractivity (Wildman–Crippen MR) is 85.2 cm³/mol. The Hall–Kier alpha value is -1.03. The SMILES string of the molecule is CC(CC(=O)N(C)c1ccc(Br)cc1N)C(C)(C)C. The molecular formula is C15H23BrN2O. The first-order valence-corrected chi connectivity index (χ1v) is 7.24. The Bertz CT molecular complexity index is 466. The van der Waals surface area contributed by atoms with Crippen LogP contribution in [-0.4, -0.2) is 13.0 Å². The molecule has 4 heteroatoms. The van der Waals surface area contributed by atoms with Gasteiger partial charge >= 0.3 is 0 Å². The largest absolute Gasteiger partial charge is 0.397 e. The fourth-order valence-electron chi connectivity index (χ4n) is 1.67. The van der Waals surface area contributed by atoms with Gasteiger partial charge in [-0.2, -0.15) is 0 Å². The lowest BCUT2D eigenvalue weighted by atomic mass is 9.80. The van der Waals surface area contributed by atoms with E-state index in [2.05, 4.69) is 43.6 Å². The Morgan fingerprint density at radius 1 is 1.42 bits per heavy atom. The van der Waals surface area contributed by atoms with Crippen LogP contribution in [0.1, 0.15) is 34.1 Å². The quantitative estimate of drug-likeness (QED) is 0.851. The van der Waals surface area contributed by atoms with Crippen molar-refractivity contribution in [1.29, 1.82) is 0 Å². The van der Waals surface area contributed by atoms with Crippen LogP contribution in [0.5, 0.6) is 0 Å². The molecule has 0 saturated heterocycles. The fraction of sp³-hybridized carbons (Fsp3) is 0.533. The van der Waals surface area contributed by atoms with E-state index in [1.54, 1.807) is 11.9 Å². The van der Waals surface area contributed by atoms with Crippen molar-refractivity contribution in [2.24, 2.45) is 11.3 Å². The summed E-state index contributed by atoms with van der Waals surface area (Å²) in [6.45, 7) is 8.56. The van der Waals surface area contributed by atoms with E-state index in [0.29, 0.717) is 18.0 Å². The summed E-state index contributed by atoms with van der Waals surface area (Å²) in [6.07, 6.45) is 0.523. The van der Waals surface area contributed by atoms with E-state index in [1.807, 2.05) is 18.2 Å². The van der Waals surface area contributed by atoms with Crippen LogP contribution >= 0.6 is 15.9 Å². The van der Waals surface area contributed by atoms with E-state index in [0.717, 1.165) is 10.2 Å². The Morgan fingerprint density at radius 3 is 2.47 bits per heavy atom. The number of nitrogen functional groups attached to an aromatic ring is 1. The van der Waals surface area contributed by atoms with E-state index in [9.17, 15) is 4.79 Å². The van der Waals surface area contributed by atoms with Gasteiger partial charge in [0, 0.05) is 17.9 Å². The zero-order valence-electron chi connectivity index (χ0n) is 12.3. The number of hydrogen-bond acceptors (Lipinski definition) is 2. The standard InChI is InChI=1S/C15H23BrN2O/c1-10(15(2,3)4)8-14(19)18(5)13-7-6-11(16)9-12(13)17/h6-7,9-10H,8,17H2,1-5H3. The Morgan fingerprint density at radius 2 is 2.00 bits per heavy atom. The zero-order valence-corrected chi connectivity index (χ0v) is 13.9. The van der Waals surface area contributed by atoms with Gasteiger partial charge in [-0.15, -0.1) is 0 Å². The Balaban J connectivity index is 2.83. The van der Waals surface area contributed by atoms with Gasteiger partial charge in [-0.3, -0.25) is 4.79 Å². The lowest BCUT2D eigenvalue weighted by molar-refractivity contribution is -0.119. The second-order valence-corrected chi connectivity index (χ2v) is 7.04. The van der Waals surface area contributed by atoms with Crippen LogP contribution in [0.25, 0.3) is 0 Å². The van der Waals surface area contributed by atoms with Crippen molar-refractivity contribution in [2.75, 3.05) is 17.7 Å². The average molecular weight is 327 g/mol. The van der Waals surface area contributed by atoms with Crippen molar-refractivity contribution in [3.63, 3.8) is 0 Å². The van der Waals surface area contributed by atoms with Gasteiger partial charge in [0.1, 0.15) is 0 Å². The molecule has 0 aliphatic carbocycles. The maximum atomic E-state index is 12.3. The number of nitrogens with zero attached hydrogens (tertiary/aromatic N) is 1. The van der Waals surface area contributed by atoms with Gasteiger partial charge in [0.25, 0.3) is 0 Å². The van der Waals surface area contributed by atoms with Crippen LogP contribution in [0.4, 0.5) is 11.4 Å². The highest BCUT2D eigenvalue weighted by atomic mass is 79.9. The number of benzene rings is 1. The molecular weight excluding hydrogens is 304 g/mol. The lowest BCUT2D eigenvalue weighted by Crippen LogP contribution is -2.31. The van der Waals surface area contributed by atoms with Crippen LogP contribution in [0.15, 0.2) is 22.7 Å². The molecule has 1 aromatic carbocycles. The Kier molecular flexibility index (Phi) is 5.02. The van der Waals surface area contributed by atoms with E-state index < -0.39 is 0 Å². The van der Waals surface area contributed by atoms with Gasteiger partial charge in [-0.1, -0.05) is 43.6 Å². The molecule has 1 amide bonds. The first-order chi connectivity index (χ1) is 8.62. The molecule has 0 saturated carbocycles. The molecule has 1 unspecified atom stereocenters. The van der Waals surface area contributed by atoms with E-state index in [-0.39, 0.29) is 11.3 Å². The normalized spacial score (nSPS) is 13.2. The van der Waals surface area contributed by atoms with Crippen LogP contribution < -0.4 is 10.6 Å². The summed E-state index contributed by atoms with van der Waals surface area (Å²) >= 11 is 3.37. The second-order valence-electron chi connectivity index (χ2n) is 6.13. The minimum absolute atomic E-state index is 0.0939. The minimum atomic E-state index is 0.0939. The maximum Gasteiger partial charge on any atom is 0.227 e. The molecule has 0 aliphatic heterocycles. The molecule has 3 nitrogen and oxygen atoms in total. The van der Waals surface area contributed by atoms with Gasteiger partial charge in [0.2, 0.25) is 5.91 Å². The molecule has 2 N–H and O–H groups in total. The van der Waals surface area contributed by atoms with Gasteiger partial charge in [0.05, 0.1) is 11.4 Å². The third-order valence-corrected chi connectivity index (χ3v) is 4.18. The number of hydrogen-bond donors (Lipinski definition) is 1. The second kappa shape index (κ2) is 5.95. The third-order valence-electron chi connectivity index (χ3n) is 3.68. The van der Waals surface area contributed by atoms with Crippen LogP contribution in [-0.2, 0) is 4.79 Å². The van der Waals surface area contributed by atoms with Crippen molar-refractivity contribution in [3.8, 4) is 0 Å². The van der Waals surface area contributed by atoms with E-state index in [1.165, 1.54) is 0 Å². The summed E-state index contributed by atoms with van der Waals surface area (Å²) in [4.78, 5) is 13.9. The summed E-state index contributed by atoms with van der Waals surface area (Å²) in [7, 11) is 1.78. The summed E-state index contributed by atoms with van der Waals surface area (Å²) < 4.78 is 0.914. The highest BCUT2D eigenvalue weighted by molar-refractivity contribution is 9.10. The molecule has 0 heterocycles. The summed E-state index contributed by atoms with van der Waals surface area (Å²) in [5.41, 5.74) is 7.44. The summed E-state index contributed by atoms with van der Waals surface area (Å²) in [6, 6.07) is 5.56. The van der Waals surface area contributed by atoms with Crippen molar-refractivity contribution >= 4 is 33.2 Å². The van der Waals surface area contributed by atoms with Crippen molar-refractivity contribution in [3.05, 3.63) is 22.7 Å². The van der Waals surface area contributed by atoms with Crippen molar-refractivity contribution in [2.45, 2.75) is 34.1 Å². The molecule has 1 rings (SSSR count). The molecule has 0 aliphatic rings. The molecule has 1 aromatic rings. The zero-order chi connectivity index (χ0) is 14.8. The third kappa shape index (κ3) is 4.23. The molecule has 106 valence electrons. The average Bonchev–Trinajstić information content (AvgIpc) is 2.26. The molecule has 0 bridgehead atoms. The first-order valence-electron chi connectivity index (χ1n) is 6.44. The summed E-state index contributed by atoms with van der Waals surface area (Å²) in [5.74, 6) is 0.413. The first kappa shape index (κ1) is 16.0. The van der Waals surface area contributed by atoms with Crippen molar-refractivity contribution < 1.29 is 4.79 Å². The number of carbonyl (C=O) groups is 1. The van der Waals surface area contributed by atoms with Crippen LogP contribution in [0.2, 0.25) is 0 Å². The molecule has 0 radical (unpaired) electrons. The molecule has 0 aromatic heterocycles. The number of carbonyl (C=O) groups excluding carboxylic acids is 1. The summed E-state index contributed by atoms with van der Waals surface area (Å²) in [5, 5.41) is 0. The lowest BCUT2D eigenvalue weighted by Gasteiger charge is -2.29. The van der Waals surface area contributed by atoms with Crippen LogP contribution in [0.3, 0.4) is 0 Å². The Labute approximate surface area is 124 Å². The molecule has 1 atom stereocenters. The number of amides is 1. The van der Waals surface area contributed by atoms with E-state index >= 15 is 0 Å². The fourth-order valence-corrected chi connectivity index (χ4v) is 2.05. The predicted octanol–water partition coefficient (Wildman–Crippen LogP) is 4.07. The highest BCUT2D eigenvalue weighted by Crippen LogP contribution is 2.31.